The lowest BCUT2D eigenvalue weighted by Gasteiger charge is -2.37. The molecule has 2 aliphatic heterocycles. The van der Waals surface area contributed by atoms with E-state index >= 15 is 0 Å². The van der Waals surface area contributed by atoms with Gasteiger partial charge in [-0.2, -0.15) is 0 Å². The van der Waals surface area contributed by atoms with E-state index in [0.717, 1.165) is 16.5 Å². The van der Waals surface area contributed by atoms with E-state index in [4.69, 9.17) is 0 Å². The van der Waals surface area contributed by atoms with Crippen LogP contribution < -0.4 is 10.6 Å². The van der Waals surface area contributed by atoms with Gasteiger partial charge in [0.1, 0.15) is 11.9 Å². The Morgan fingerprint density at radius 3 is 2.54 bits per heavy atom. The van der Waals surface area contributed by atoms with Crippen molar-refractivity contribution in [1.29, 1.82) is 0 Å². The minimum atomic E-state index is -0.725. The normalized spacial score (nSPS) is 23.9. The molecule has 2 saturated heterocycles. The highest BCUT2D eigenvalue weighted by molar-refractivity contribution is 5.91. The van der Waals surface area contributed by atoms with Gasteiger partial charge in [-0.1, -0.05) is 20.8 Å². The lowest BCUT2D eigenvalue weighted by Crippen LogP contribution is -2.59. The van der Waals surface area contributed by atoms with E-state index in [1.54, 1.807) is 27.0 Å². The molecular formula is C26H36FN5O3. The Bertz CT molecular complexity index is 1140. The highest BCUT2D eigenvalue weighted by atomic mass is 19.1. The van der Waals surface area contributed by atoms with Crippen molar-refractivity contribution in [1.82, 2.24) is 25.4 Å². The van der Waals surface area contributed by atoms with Crippen molar-refractivity contribution in [2.75, 3.05) is 20.1 Å². The van der Waals surface area contributed by atoms with Crippen LogP contribution in [0.25, 0.3) is 10.9 Å². The van der Waals surface area contributed by atoms with Crippen LogP contribution in [0.2, 0.25) is 0 Å². The van der Waals surface area contributed by atoms with Gasteiger partial charge in [-0.05, 0) is 49.6 Å². The summed E-state index contributed by atoms with van der Waals surface area (Å²) < 4.78 is 14.1. The Balaban J connectivity index is 1.71. The van der Waals surface area contributed by atoms with Gasteiger partial charge >= 0.3 is 0 Å². The zero-order chi connectivity index (χ0) is 25.7. The van der Waals surface area contributed by atoms with Crippen LogP contribution in [-0.2, 0) is 14.4 Å². The van der Waals surface area contributed by atoms with Gasteiger partial charge in [-0.15, -0.1) is 0 Å². The standard InChI is InChI=1S/C26H36FN5O3/c1-14(28-6)24(34)30-23(26(3,4)5)25(35)31-10-9-21-22(31)19(13-32(21)15(2)33)18-12-29-20-8-7-16(27)11-17(18)20/h7-8,11-12,14,19,21-23,28-29H,9-10,13H2,1-6H3,(H,30,34)/t14-,19+,21+,22+,23+/m0/s1. The number of amides is 3. The first-order chi connectivity index (χ1) is 16.4. The molecule has 4 rings (SSSR count). The van der Waals surface area contributed by atoms with E-state index in [9.17, 15) is 18.8 Å². The van der Waals surface area contributed by atoms with Gasteiger partial charge in [0.2, 0.25) is 17.7 Å². The van der Waals surface area contributed by atoms with Crippen molar-refractivity contribution in [2.24, 2.45) is 5.41 Å². The summed E-state index contributed by atoms with van der Waals surface area (Å²) in [6.45, 7) is 10.1. The zero-order valence-corrected chi connectivity index (χ0v) is 21.3. The molecule has 0 saturated carbocycles. The molecule has 2 aliphatic rings. The molecule has 0 bridgehead atoms. The van der Waals surface area contributed by atoms with Crippen molar-refractivity contribution < 1.29 is 18.8 Å². The van der Waals surface area contributed by atoms with Gasteiger partial charge in [0.25, 0.3) is 0 Å². The van der Waals surface area contributed by atoms with E-state index < -0.39 is 17.5 Å². The predicted molar refractivity (Wildman–Crippen MR) is 132 cm³/mol. The topological polar surface area (TPSA) is 97.5 Å². The van der Waals surface area contributed by atoms with Crippen molar-refractivity contribution in [2.45, 2.75) is 71.1 Å². The Morgan fingerprint density at radius 1 is 1.20 bits per heavy atom. The number of hydrogen-bond donors (Lipinski definition) is 3. The molecular weight excluding hydrogens is 449 g/mol. The average molecular weight is 486 g/mol. The molecule has 35 heavy (non-hydrogen) atoms. The molecule has 1 aromatic carbocycles. The van der Waals surface area contributed by atoms with Crippen molar-refractivity contribution in [3.63, 3.8) is 0 Å². The lowest BCUT2D eigenvalue weighted by atomic mass is 9.84. The number of aromatic amines is 1. The van der Waals surface area contributed by atoms with Gasteiger partial charge in [0.15, 0.2) is 0 Å². The van der Waals surface area contributed by atoms with Crippen molar-refractivity contribution in [3.8, 4) is 0 Å². The maximum Gasteiger partial charge on any atom is 0.246 e. The van der Waals surface area contributed by atoms with Crippen molar-refractivity contribution >= 4 is 28.6 Å². The Kier molecular flexibility index (Phi) is 6.66. The maximum absolute atomic E-state index is 14.1. The molecule has 8 nitrogen and oxygen atoms in total. The fourth-order valence-electron chi connectivity index (χ4n) is 5.62. The Hall–Kier alpha value is -2.94. The second kappa shape index (κ2) is 9.26. The van der Waals surface area contributed by atoms with E-state index in [2.05, 4.69) is 15.6 Å². The molecule has 5 atom stereocenters. The molecule has 2 aromatic rings. The second-order valence-corrected chi connectivity index (χ2v) is 10.9. The van der Waals surface area contributed by atoms with E-state index in [0.29, 0.717) is 19.5 Å². The van der Waals surface area contributed by atoms with Crippen molar-refractivity contribution in [3.05, 3.63) is 35.8 Å². The Labute approximate surface area is 205 Å². The van der Waals surface area contributed by atoms with Crippen LogP contribution >= 0.6 is 0 Å². The molecule has 190 valence electrons. The van der Waals surface area contributed by atoms with E-state index in [-0.39, 0.29) is 41.5 Å². The minimum absolute atomic E-state index is 0.0358. The molecule has 1 aromatic heterocycles. The quantitative estimate of drug-likeness (QED) is 0.606. The van der Waals surface area contributed by atoms with Crippen LogP contribution in [0.5, 0.6) is 0 Å². The summed E-state index contributed by atoms with van der Waals surface area (Å²) in [4.78, 5) is 46.2. The lowest BCUT2D eigenvalue weighted by molar-refractivity contribution is -0.141. The minimum Gasteiger partial charge on any atom is -0.361 e. The number of H-pyrrole nitrogens is 1. The number of nitrogens with zero attached hydrogens (tertiary/aromatic N) is 2. The molecule has 9 heteroatoms. The third kappa shape index (κ3) is 4.53. The molecule has 3 amide bonds. The number of aromatic nitrogens is 1. The SMILES string of the molecule is CN[C@@H](C)C(=O)N[C@H](C(=O)N1CC[C@@H]2[C@H]1[C@@H](c1c[nH]c3ccc(F)cc13)CN2C(C)=O)C(C)(C)C. The first-order valence-corrected chi connectivity index (χ1v) is 12.3. The summed E-state index contributed by atoms with van der Waals surface area (Å²) in [6.07, 6.45) is 2.54. The van der Waals surface area contributed by atoms with Gasteiger partial charge in [0.05, 0.1) is 18.1 Å². The molecule has 3 heterocycles. The number of hydrogen-bond acceptors (Lipinski definition) is 4. The van der Waals surface area contributed by atoms with Gasteiger partial charge in [-0.3, -0.25) is 14.4 Å². The highest BCUT2D eigenvalue weighted by Crippen LogP contribution is 2.43. The largest absolute Gasteiger partial charge is 0.361 e. The summed E-state index contributed by atoms with van der Waals surface area (Å²) in [5, 5.41) is 6.64. The monoisotopic (exact) mass is 485 g/mol. The van der Waals surface area contributed by atoms with Crippen LogP contribution in [0.15, 0.2) is 24.4 Å². The molecule has 0 aliphatic carbocycles. The number of likely N-dealkylation sites (tertiary alicyclic amines) is 2. The number of nitrogens with one attached hydrogen (secondary N) is 3. The number of likely N-dealkylation sites (N-methyl/N-ethyl adjacent to an activating group) is 1. The fraction of sp³-hybridized carbons (Fsp3) is 0.577. The van der Waals surface area contributed by atoms with E-state index in [1.165, 1.54) is 12.1 Å². The fourth-order valence-corrected chi connectivity index (χ4v) is 5.62. The summed E-state index contributed by atoms with van der Waals surface area (Å²) in [7, 11) is 1.70. The molecule has 2 fully saturated rings. The van der Waals surface area contributed by atoms with Crippen LogP contribution in [-0.4, -0.2) is 76.8 Å². The molecule has 0 spiro atoms. The third-order valence-electron chi connectivity index (χ3n) is 7.61. The first-order valence-electron chi connectivity index (χ1n) is 12.3. The summed E-state index contributed by atoms with van der Waals surface area (Å²) in [5.74, 6) is -0.922. The highest BCUT2D eigenvalue weighted by Gasteiger charge is 2.53. The zero-order valence-electron chi connectivity index (χ0n) is 21.3. The summed E-state index contributed by atoms with van der Waals surface area (Å²) in [5.41, 5.74) is 1.20. The number of carbonyl (C=O) groups is 3. The smallest absolute Gasteiger partial charge is 0.246 e. The molecule has 3 N–H and O–H groups in total. The van der Waals surface area contributed by atoms with Gasteiger partial charge < -0.3 is 25.4 Å². The third-order valence-corrected chi connectivity index (χ3v) is 7.61. The molecule has 0 radical (unpaired) electrons. The maximum atomic E-state index is 14.1. The van der Waals surface area contributed by atoms with Crippen LogP contribution in [0.1, 0.15) is 52.5 Å². The average Bonchev–Trinajstić information content (AvgIpc) is 3.49. The van der Waals surface area contributed by atoms with Gasteiger partial charge in [-0.25, -0.2) is 4.39 Å². The van der Waals surface area contributed by atoms with Crippen LogP contribution in [0, 0.1) is 11.2 Å². The number of rotatable bonds is 5. The number of carbonyl (C=O) groups excluding carboxylic acids is 3. The van der Waals surface area contributed by atoms with E-state index in [1.807, 2.05) is 36.8 Å². The number of benzene rings is 1. The van der Waals surface area contributed by atoms with Crippen LogP contribution in [0.4, 0.5) is 4.39 Å². The van der Waals surface area contributed by atoms with Crippen LogP contribution in [0.3, 0.4) is 0 Å². The molecule has 0 unspecified atom stereocenters. The van der Waals surface area contributed by atoms with Gasteiger partial charge in [0, 0.05) is 43.0 Å². The first kappa shape index (κ1) is 25.2. The summed E-state index contributed by atoms with van der Waals surface area (Å²) in [6, 6.07) is 3.09. The second-order valence-electron chi connectivity index (χ2n) is 10.9. The predicted octanol–water partition coefficient (Wildman–Crippen LogP) is 2.36. The number of fused-ring (bicyclic) bond motifs is 2. The number of halogens is 1. The Morgan fingerprint density at radius 2 is 1.91 bits per heavy atom. The summed E-state index contributed by atoms with van der Waals surface area (Å²) >= 11 is 0.